The molecule has 1 heterocycles. The minimum Gasteiger partial charge on any atom is -0.481 e. The van der Waals surface area contributed by atoms with Gasteiger partial charge in [-0.15, -0.1) is 0 Å². The first-order valence-corrected chi connectivity index (χ1v) is 7.76. The van der Waals surface area contributed by atoms with Crippen LogP contribution in [0.5, 0.6) is 0 Å². The molecule has 1 aromatic carbocycles. The second-order valence-corrected chi connectivity index (χ2v) is 6.11. The SMILES string of the molecule is O=C(O)[C@H]1CCCN(C(=O)C2CCCc3ccccc32)C1. The lowest BCUT2D eigenvalue weighted by molar-refractivity contribution is -0.146. The van der Waals surface area contributed by atoms with Crippen LogP contribution >= 0.6 is 0 Å². The van der Waals surface area contributed by atoms with Crippen LogP contribution in [0.2, 0.25) is 0 Å². The number of carboxylic acid groups (broad SMARTS) is 1. The number of carbonyl (C=O) groups excluding carboxylic acids is 1. The first-order valence-electron chi connectivity index (χ1n) is 7.76. The molecular weight excluding hydrogens is 266 g/mol. The summed E-state index contributed by atoms with van der Waals surface area (Å²) >= 11 is 0. The fourth-order valence-electron chi connectivity index (χ4n) is 3.61. The molecule has 1 amide bonds. The van der Waals surface area contributed by atoms with E-state index in [1.165, 1.54) is 5.56 Å². The van der Waals surface area contributed by atoms with Gasteiger partial charge in [0.25, 0.3) is 0 Å². The highest BCUT2D eigenvalue weighted by atomic mass is 16.4. The smallest absolute Gasteiger partial charge is 0.308 e. The summed E-state index contributed by atoms with van der Waals surface area (Å²) in [5.74, 6) is -1.14. The van der Waals surface area contributed by atoms with Crippen molar-refractivity contribution in [3.8, 4) is 0 Å². The number of rotatable bonds is 2. The van der Waals surface area contributed by atoms with Crippen LogP contribution in [0.25, 0.3) is 0 Å². The van der Waals surface area contributed by atoms with Crippen molar-refractivity contribution in [2.24, 2.45) is 5.92 Å². The van der Waals surface area contributed by atoms with Crippen LogP contribution in [0.1, 0.15) is 42.7 Å². The van der Waals surface area contributed by atoms with Crippen LogP contribution < -0.4 is 0 Å². The quantitative estimate of drug-likeness (QED) is 0.909. The molecule has 0 radical (unpaired) electrons. The van der Waals surface area contributed by atoms with Crippen LogP contribution in [0, 0.1) is 5.92 Å². The maximum Gasteiger partial charge on any atom is 0.308 e. The molecule has 0 saturated carbocycles. The Morgan fingerprint density at radius 2 is 1.95 bits per heavy atom. The Morgan fingerprint density at radius 3 is 2.76 bits per heavy atom. The number of nitrogens with zero attached hydrogens (tertiary/aromatic N) is 1. The molecule has 1 saturated heterocycles. The molecular formula is C17H21NO3. The van der Waals surface area contributed by atoms with Gasteiger partial charge in [-0.25, -0.2) is 0 Å². The van der Waals surface area contributed by atoms with Gasteiger partial charge in [0.2, 0.25) is 5.91 Å². The van der Waals surface area contributed by atoms with Gasteiger partial charge in [-0.1, -0.05) is 24.3 Å². The van der Waals surface area contributed by atoms with E-state index in [1.807, 2.05) is 12.1 Å². The van der Waals surface area contributed by atoms with Gasteiger partial charge in [0.15, 0.2) is 0 Å². The number of aryl methyl sites for hydroxylation is 1. The number of hydrogen-bond donors (Lipinski definition) is 1. The zero-order chi connectivity index (χ0) is 14.8. The number of benzene rings is 1. The van der Waals surface area contributed by atoms with E-state index in [0.29, 0.717) is 19.5 Å². The summed E-state index contributed by atoms with van der Waals surface area (Å²) < 4.78 is 0. The van der Waals surface area contributed by atoms with Crippen molar-refractivity contribution in [1.29, 1.82) is 0 Å². The van der Waals surface area contributed by atoms with Crippen molar-refractivity contribution in [1.82, 2.24) is 4.90 Å². The number of aliphatic carboxylic acids is 1. The second kappa shape index (κ2) is 5.88. The minimum atomic E-state index is -0.781. The van der Waals surface area contributed by atoms with Gasteiger partial charge in [0, 0.05) is 13.1 Å². The number of likely N-dealkylation sites (tertiary alicyclic amines) is 1. The Kier molecular flexibility index (Phi) is 3.95. The minimum absolute atomic E-state index is 0.0810. The monoisotopic (exact) mass is 287 g/mol. The maximum atomic E-state index is 12.8. The number of carbonyl (C=O) groups is 2. The number of piperidine rings is 1. The molecule has 1 N–H and O–H groups in total. The summed E-state index contributed by atoms with van der Waals surface area (Å²) in [7, 11) is 0. The summed E-state index contributed by atoms with van der Waals surface area (Å²) in [5, 5.41) is 9.17. The maximum absolute atomic E-state index is 12.8. The van der Waals surface area contributed by atoms with Gasteiger partial charge in [-0.3, -0.25) is 9.59 Å². The zero-order valence-electron chi connectivity index (χ0n) is 12.1. The summed E-state index contributed by atoms with van der Waals surface area (Å²) in [6.07, 6.45) is 4.42. The number of amides is 1. The lowest BCUT2D eigenvalue weighted by Crippen LogP contribution is -2.44. The average Bonchev–Trinajstić information content (AvgIpc) is 2.53. The van der Waals surface area contributed by atoms with Crippen LogP contribution in [0.3, 0.4) is 0 Å². The van der Waals surface area contributed by atoms with Crippen LogP contribution in [0.4, 0.5) is 0 Å². The lowest BCUT2D eigenvalue weighted by atomic mass is 9.81. The van der Waals surface area contributed by atoms with E-state index >= 15 is 0 Å². The van der Waals surface area contributed by atoms with Crippen molar-refractivity contribution in [2.45, 2.75) is 38.0 Å². The summed E-state index contributed by atoms with van der Waals surface area (Å²) in [6.45, 7) is 1.06. The van der Waals surface area contributed by atoms with E-state index < -0.39 is 11.9 Å². The van der Waals surface area contributed by atoms with Crippen molar-refractivity contribution < 1.29 is 14.7 Å². The first kappa shape index (κ1) is 14.1. The third-order valence-electron chi connectivity index (χ3n) is 4.75. The lowest BCUT2D eigenvalue weighted by Gasteiger charge is -2.35. The Hall–Kier alpha value is -1.84. The average molecular weight is 287 g/mol. The van der Waals surface area contributed by atoms with Gasteiger partial charge in [-0.05, 0) is 43.2 Å². The molecule has 1 aromatic rings. The summed E-state index contributed by atoms with van der Waals surface area (Å²) in [5.41, 5.74) is 2.42. The van der Waals surface area contributed by atoms with Crippen LogP contribution in [-0.2, 0) is 16.0 Å². The van der Waals surface area contributed by atoms with Gasteiger partial charge in [0.1, 0.15) is 0 Å². The molecule has 1 unspecified atom stereocenters. The van der Waals surface area contributed by atoms with E-state index in [9.17, 15) is 9.59 Å². The molecule has 2 atom stereocenters. The topological polar surface area (TPSA) is 57.6 Å². The number of carboxylic acids is 1. The highest BCUT2D eigenvalue weighted by molar-refractivity contribution is 5.85. The molecule has 4 nitrogen and oxygen atoms in total. The normalized spacial score (nSPS) is 25.2. The van der Waals surface area contributed by atoms with Gasteiger partial charge in [0.05, 0.1) is 11.8 Å². The summed E-state index contributed by atoms with van der Waals surface area (Å²) in [4.78, 5) is 25.7. The highest BCUT2D eigenvalue weighted by Gasteiger charge is 2.34. The van der Waals surface area contributed by atoms with Crippen molar-refractivity contribution in [3.05, 3.63) is 35.4 Å². The Bertz CT molecular complexity index is 555. The molecule has 21 heavy (non-hydrogen) atoms. The molecule has 0 aromatic heterocycles. The molecule has 0 bridgehead atoms. The van der Waals surface area contributed by atoms with E-state index in [0.717, 1.165) is 31.2 Å². The second-order valence-electron chi connectivity index (χ2n) is 6.11. The van der Waals surface area contributed by atoms with Crippen molar-refractivity contribution >= 4 is 11.9 Å². The predicted octanol–water partition coefficient (Wildman–Crippen LogP) is 2.43. The Morgan fingerprint density at radius 1 is 1.14 bits per heavy atom. The van der Waals surface area contributed by atoms with Gasteiger partial charge < -0.3 is 10.0 Å². The van der Waals surface area contributed by atoms with E-state index in [2.05, 4.69) is 12.1 Å². The molecule has 1 aliphatic heterocycles. The predicted molar refractivity (Wildman–Crippen MR) is 79.1 cm³/mol. The fourth-order valence-corrected chi connectivity index (χ4v) is 3.61. The largest absolute Gasteiger partial charge is 0.481 e. The highest BCUT2D eigenvalue weighted by Crippen LogP contribution is 2.33. The fraction of sp³-hybridized carbons (Fsp3) is 0.529. The van der Waals surface area contributed by atoms with E-state index in [4.69, 9.17) is 5.11 Å². The van der Waals surface area contributed by atoms with E-state index in [-0.39, 0.29) is 11.8 Å². The van der Waals surface area contributed by atoms with Crippen molar-refractivity contribution in [2.75, 3.05) is 13.1 Å². The van der Waals surface area contributed by atoms with Crippen LogP contribution in [0.15, 0.2) is 24.3 Å². The zero-order valence-corrected chi connectivity index (χ0v) is 12.1. The molecule has 1 aliphatic carbocycles. The molecule has 4 heteroatoms. The molecule has 3 rings (SSSR count). The van der Waals surface area contributed by atoms with Gasteiger partial charge >= 0.3 is 5.97 Å². The molecule has 0 spiro atoms. The van der Waals surface area contributed by atoms with Crippen LogP contribution in [-0.4, -0.2) is 35.0 Å². The number of hydrogen-bond acceptors (Lipinski definition) is 2. The Balaban J connectivity index is 1.78. The Labute approximate surface area is 124 Å². The standard InChI is InChI=1S/C17H21NO3/c19-16(18-10-4-7-13(11-18)17(20)21)15-9-3-6-12-5-1-2-8-14(12)15/h1-2,5,8,13,15H,3-4,6-7,9-11H2,(H,20,21)/t13-,15?/m0/s1. The molecule has 112 valence electrons. The summed E-state index contributed by atoms with van der Waals surface area (Å²) in [6, 6.07) is 8.16. The van der Waals surface area contributed by atoms with Gasteiger partial charge in [-0.2, -0.15) is 0 Å². The third-order valence-corrected chi connectivity index (χ3v) is 4.75. The molecule has 1 fully saturated rings. The molecule has 2 aliphatic rings. The van der Waals surface area contributed by atoms with Crippen molar-refractivity contribution in [3.63, 3.8) is 0 Å². The first-order chi connectivity index (χ1) is 10.2. The van der Waals surface area contributed by atoms with E-state index in [1.54, 1.807) is 4.90 Å². The third kappa shape index (κ3) is 2.80. The number of fused-ring (bicyclic) bond motifs is 1.